The van der Waals surface area contributed by atoms with Gasteiger partial charge in [0.15, 0.2) is 5.82 Å². The van der Waals surface area contributed by atoms with Crippen molar-refractivity contribution in [2.45, 2.75) is 19.4 Å². The lowest BCUT2D eigenvalue weighted by atomic mass is 10.0. The Labute approximate surface area is 194 Å². The zero-order valence-electron chi connectivity index (χ0n) is 17.6. The van der Waals surface area contributed by atoms with Crippen LogP contribution in [-0.2, 0) is 6.42 Å². The molecule has 1 N–H and O–H groups in total. The predicted molar refractivity (Wildman–Crippen MR) is 125 cm³/mol. The summed E-state index contributed by atoms with van der Waals surface area (Å²) in [6, 6.07) is 14.4. The van der Waals surface area contributed by atoms with E-state index in [1.165, 1.54) is 21.9 Å². The first kappa shape index (κ1) is 21.2. The summed E-state index contributed by atoms with van der Waals surface area (Å²) in [6.45, 7) is 4.80. The summed E-state index contributed by atoms with van der Waals surface area (Å²) in [7, 11) is 0. The van der Waals surface area contributed by atoms with Gasteiger partial charge in [-0.3, -0.25) is 4.90 Å². The van der Waals surface area contributed by atoms with Gasteiger partial charge in [0, 0.05) is 37.6 Å². The summed E-state index contributed by atoms with van der Waals surface area (Å²) in [5.41, 5.74) is 1.66. The zero-order valence-corrected chi connectivity index (χ0v) is 19.2. The number of benzene rings is 2. The first-order chi connectivity index (χ1) is 15.5. The summed E-state index contributed by atoms with van der Waals surface area (Å²) in [6.07, 6.45) is 0.710. The highest BCUT2D eigenvalue weighted by molar-refractivity contribution is 7.17. The molecule has 5 rings (SSSR count). The Morgan fingerprint density at radius 2 is 1.81 bits per heavy atom. The van der Waals surface area contributed by atoms with Gasteiger partial charge in [0.1, 0.15) is 5.82 Å². The molecule has 3 heterocycles. The molecular formula is C23H23ClFN5OS. The van der Waals surface area contributed by atoms with E-state index in [4.69, 9.17) is 11.6 Å². The average molecular weight is 472 g/mol. The minimum absolute atomic E-state index is 0.119. The minimum atomic E-state index is -0.204. The number of thiazole rings is 1. The van der Waals surface area contributed by atoms with Crippen LogP contribution in [0.3, 0.4) is 0 Å². The Morgan fingerprint density at radius 3 is 2.47 bits per heavy atom. The number of fused-ring (bicyclic) bond motifs is 1. The van der Waals surface area contributed by atoms with E-state index >= 15 is 0 Å². The van der Waals surface area contributed by atoms with Crippen molar-refractivity contribution in [3.05, 3.63) is 75.6 Å². The quantitative estimate of drug-likeness (QED) is 0.454. The molecule has 32 heavy (non-hydrogen) atoms. The van der Waals surface area contributed by atoms with Crippen molar-refractivity contribution in [2.24, 2.45) is 0 Å². The number of aromatic nitrogens is 3. The number of aromatic hydroxyl groups is 1. The third-order valence-corrected chi connectivity index (χ3v) is 7.19. The lowest BCUT2D eigenvalue weighted by molar-refractivity contribution is 0.210. The summed E-state index contributed by atoms with van der Waals surface area (Å²) in [5.74, 6) is 0.624. The molecule has 0 amide bonds. The standard InChI is InChI=1S/C23H23ClFN5OS/c1-2-19-26-23-30(27-19)22(31)21(32-23)20(15-7-9-16(24)10-8-15)29-13-11-28(12-14-29)18-6-4-3-5-17(18)25/h3-10,20,31H,2,11-14H2,1H3/t20-/m0/s1. The highest BCUT2D eigenvalue weighted by atomic mass is 35.5. The van der Waals surface area contributed by atoms with Crippen LogP contribution in [0.25, 0.3) is 4.96 Å². The topological polar surface area (TPSA) is 56.9 Å². The summed E-state index contributed by atoms with van der Waals surface area (Å²) < 4.78 is 15.8. The summed E-state index contributed by atoms with van der Waals surface area (Å²) in [5, 5.41) is 16.1. The second kappa shape index (κ2) is 8.69. The van der Waals surface area contributed by atoms with E-state index in [1.807, 2.05) is 43.3 Å². The molecule has 1 atom stereocenters. The molecule has 0 unspecified atom stereocenters. The molecule has 1 aliphatic heterocycles. The van der Waals surface area contributed by atoms with E-state index in [-0.39, 0.29) is 17.7 Å². The number of piperazine rings is 1. The first-order valence-electron chi connectivity index (χ1n) is 10.6. The summed E-state index contributed by atoms with van der Waals surface area (Å²) >= 11 is 7.59. The van der Waals surface area contributed by atoms with Gasteiger partial charge >= 0.3 is 0 Å². The fourth-order valence-electron chi connectivity index (χ4n) is 4.22. The van der Waals surface area contributed by atoms with Crippen molar-refractivity contribution in [1.29, 1.82) is 0 Å². The van der Waals surface area contributed by atoms with Crippen molar-refractivity contribution in [3.63, 3.8) is 0 Å². The van der Waals surface area contributed by atoms with E-state index in [2.05, 4.69) is 19.9 Å². The molecule has 1 fully saturated rings. The second-order valence-electron chi connectivity index (χ2n) is 7.79. The number of anilines is 1. The molecule has 2 aromatic heterocycles. The van der Waals surface area contributed by atoms with E-state index in [1.54, 1.807) is 6.07 Å². The number of hydrogen-bond acceptors (Lipinski definition) is 6. The number of halogens is 2. The Hall–Kier alpha value is -2.68. The maximum atomic E-state index is 14.3. The van der Waals surface area contributed by atoms with Gasteiger partial charge in [0.2, 0.25) is 10.8 Å². The van der Waals surface area contributed by atoms with Crippen molar-refractivity contribution in [2.75, 3.05) is 31.1 Å². The first-order valence-corrected chi connectivity index (χ1v) is 11.8. The fraction of sp³-hybridized carbons (Fsp3) is 0.304. The van der Waals surface area contributed by atoms with E-state index in [0.29, 0.717) is 41.0 Å². The van der Waals surface area contributed by atoms with Gasteiger partial charge in [0.25, 0.3) is 0 Å². The van der Waals surface area contributed by atoms with Gasteiger partial charge < -0.3 is 10.0 Å². The number of aryl methyl sites for hydroxylation is 1. The van der Waals surface area contributed by atoms with Gasteiger partial charge in [-0.25, -0.2) is 9.37 Å². The van der Waals surface area contributed by atoms with E-state index < -0.39 is 0 Å². The minimum Gasteiger partial charge on any atom is -0.492 e. The molecule has 2 aromatic carbocycles. The molecule has 0 saturated carbocycles. The molecule has 1 saturated heterocycles. The third-order valence-electron chi connectivity index (χ3n) is 5.87. The Kier molecular flexibility index (Phi) is 5.75. The molecule has 1 aliphatic rings. The third kappa shape index (κ3) is 3.83. The van der Waals surface area contributed by atoms with Crippen LogP contribution in [0.4, 0.5) is 10.1 Å². The number of para-hydroxylation sites is 1. The Balaban J connectivity index is 1.48. The van der Waals surface area contributed by atoms with Gasteiger partial charge in [-0.05, 0) is 29.8 Å². The van der Waals surface area contributed by atoms with Crippen LogP contribution in [0, 0.1) is 5.82 Å². The summed E-state index contributed by atoms with van der Waals surface area (Å²) in [4.78, 5) is 10.4. The molecule has 4 aromatic rings. The monoisotopic (exact) mass is 471 g/mol. The molecule has 0 aliphatic carbocycles. The normalized spacial score (nSPS) is 16.0. The van der Waals surface area contributed by atoms with Gasteiger partial charge in [0.05, 0.1) is 16.6 Å². The molecule has 166 valence electrons. The van der Waals surface area contributed by atoms with Gasteiger partial charge in [-0.2, -0.15) is 4.52 Å². The van der Waals surface area contributed by atoms with Crippen LogP contribution in [0.2, 0.25) is 5.02 Å². The largest absolute Gasteiger partial charge is 0.492 e. The van der Waals surface area contributed by atoms with Crippen molar-refractivity contribution in [1.82, 2.24) is 19.5 Å². The zero-order chi connectivity index (χ0) is 22.2. The van der Waals surface area contributed by atoms with Crippen LogP contribution in [-0.4, -0.2) is 50.8 Å². The van der Waals surface area contributed by atoms with Crippen LogP contribution in [0.5, 0.6) is 5.88 Å². The van der Waals surface area contributed by atoms with E-state index in [9.17, 15) is 9.50 Å². The predicted octanol–water partition coefficient (Wildman–Crippen LogP) is 4.76. The van der Waals surface area contributed by atoms with Crippen LogP contribution >= 0.6 is 22.9 Å². The highest BCUT2D eigenvalue weighted by Crippen LogP contribution is 2.40. The van der Waals surface area contributed by atoms with Gasteiger partial charge in [-0.15, -0.1) is 5.10 Å². The van der Waals surface area contributed by atoms with Crippen molar-refractivity contribution >= 4 is 33.6 Å². The maximum absolute atomic E-state index is 14.3. The Morgan fingerprint density at radius 1 is 1.09 bits per heavy atom. The fourth-order valence-corrected chi connectivity index (χ4v) is 5.48. The highest BCUT2D eigenvalue weighted by Gasteiger charge is 2.32. The second-order valence-corrected chi connectivity index (χ2v) is 9.24. The Bertz CT molecular complexity index is 1230. The lowest BCUT2D eigenvalue weighted by Gasteiger charge is -2.40. The van der Waals surface area contributed by atoms with Gasteiger partial charge in [-0.1, -0.05) is 54.1 Å². The van der Waals surface area contributed by atoms with Crippen molar-refractivity contribution in [3.8, 4) is 5.88 Å². The molecule has 0 bridgehead atoms. The SMILES string of the molecule is CCc1nc2sc([C@H](c3ccc(Cl)cc3)N3CCN(c4ccccc4F)CC3)c(O)n2n1. The smallest absolute Gasteiger partial charge is 0.230 e. The number of hydrogen-bond donors (Lipinski definition) is 1. The average Bonchev–Trinajstić information content (AvgIpc) is 3.35. The number of nitrogens with zero attached hydrogens (tertiary/aromatic N) is 5. The molecule has 9 heteroatoms. The van der Waals surface area contributed by atoms with Crippen molar-refractivity contribution < 1.29 is 9.50 Å². The molecular weight excluding hydrogens is 449 g/mol. The molecule has 0 radical (unpaired) electrons. The lowest BCUT2D eigenvalue weighted by Crippen LogP contribution is -2.48. The van der Waals surface area contributed by atoms with E-state index in [0.717, 1.165) is 23.5 Å². The molecule has 6 nitrogen and oxygen atoms in total. The van der Waals surface area contributed by atoms with Crippen LogP contribution in [0.15, 0.2) is 48.5 Å². The molecule has 0 spiro atoms. The maximum Gasteiger partial charge on any atom is 0.230 e. The van der Waals surface area contributed by atoms with Crippen LogP contribution in [0.1, 0.15) is 29.2 Å². The number of rotatable bonds is 5. The van der Waals surface area contributed by atoms with Crippen LogP contribution < -0.4 is 4.90 Å².